The molecule has 0 saturated carbocycles. The van der Waals surface area contributed by atoms with E-state index in [9.17, 15) is 4.79 Å². The van der Waals surface area contributed by atoms with Crippen molar-refractivity contribution in [3.63, 3.8) is 0 Å². The van der Waals surface area contributed by atoms with Crippen LogP contribution in [0.5, 0.6) is 0 Å². The first kappa shape index (κ1) is 13.9. The average Bonchev–Trinajstić information content (AvgIpc) is 2.20. The summed E-state index contributed by atoms with van der Waals surface area (Å²) in [6, 6.07) is 6.14. The summed E-state index contributed by atoms with van der Waals surface area (Å²) in [4.78, 5) is 10.3. The second-order valence-electron chi connectivity index (χ2n) is 2.96. The van der Waals surface area contributed by atoms with Crippen molar-refractivity contribution in [1.82, 2.24) is 0 Å². The molecule has 15 heavy (non-hydrogen) atoms. The quantitative estimate of drug-likeness (QED) is 0.838. The molecule has 0 atom stereocenters. The Kier molecular flexibility index (Phi) is 7.68. The summed E-state index contributed by atoms with van der Waals surface area (Å²) < 4.78 is 0. The number of benzene rings is 1. The van der Waals surface area contributed by atoms with Crippen molar-refractivity contribution in [1.29, 1.82) is 0 Å². The molecule has 0 radical (unpaired) electrons. The molecule has 1 aromatic carbocycles. The molecule has 0 aliphatic heterocycles. The number of carboxylic acid groups (broad SMARTS) is 1. The van der Waals surface area contributed by atoms with Crippen LogP contribution in [-0.2, 0) is 0 Å². The molecule has 3 N–H and O–H groups in total. The van der Waals surface area contributed by atoms with Gasteiger partial charge < -0.3 is 10.8 Å². The molecule has 1 aromatic rings. The Morgan fingerprint density at radius 1 is 1.53 bits per heavy atom. The number of carbonyl (C=O) groups is 1. The Balaban J connectivity index is 0.000000336. The lowest BCUT2D eigenvalue weighted by Crippen LogP contribution is -1.95. The molecule has 0 aromatic heterocycles. The lowest BCUT2D eigenvalue weighted by molar-refractivity contribution is 0.0697. The van der Waals surface area contributed by atoms with E-state index in [0.29, 0.717) is 5.02 Å². The van der Waals surface area contributed by atoms with Crippen LogP contribution in [0.15, 0.2) is 24.3 Å². The first-order chi connectivity index (χ1) is 7.11. The third-order valence-electron chi connectivity index (χ3n) is 1.63. The molecule has 4 heteroatoms. The number of nitrogens with two attached hydrogens (primary N) is 1. The highest BCUT2D eigenvalue weighted by molar-refractivity contribution is 6.30. The fourth-order valence-corrected chi connectivity index (χ4v) is 1.02. The van der Waals surface area contributed by atoms with Gasteiger partial charge >= 0.3 is 5.97 Å². The van der Waals surface area contributed by atoms with E-state index in [1.165, 1.54) is 25.0 Å². The average molecular weight is 230 g/mol. The first-order valence-electron chi connectivity index (χ1n) is 4.80. The Bertz CT molecular complexity index is 300. The van der Waals surface area contributed by atoms with E-state index < -0.39 is 5.97 Å². The minimum Gasteiger partial charge on any atom is -0.478 e. The Labute approximate surface area is 94.9 Å². The third kappa shape index (κ3) is 6.94. The van der Waals surface area contributed by atoms with Crippen LogP contribution >= 0.6 is 11.6 Å². The molecule has 0 saturated heterocycles. The van der Waals surface area contributed by atoms with E-state index in [1.807, 2.05) is 0 Å². The van der Waals surface area contributed by atoms with Gasteiger partial charge in [0.15, 0.2) is 0 Å². The first-order valence-corrected chi connectivity index (χ1v) is 5.18. The summed E-state index contributed by atoms with van der Waals surface area (Å²) in [5.41, 5.74) is 5.35. The van der Waals surface area contributed by atoms with Crippen molar-refractivity contribution >= 4 is 17.6 Å². The minimum atomic E-state index is -0.956. The molecule has 1 rings (SSSR count). The van der Waals surface area contributed by atoms with Crippen LogP contribution in [0.25, 0.3) is 0 Å². The highest BCUT2D eigenvalue weighted by Gasteiger charge is 2.00. The lowest BCUT2D eigenvalue weighted by atomic mass is 10.2. The van der Waals surface area contributed by atoms with Crippen molar-refractivity contribution < 1.29 is 9.90 Å². The van der Waals surface area contributed by atoms with Gasteiger partial charge in [0, 0.05) is 5.02 Å². The number of hydrogen-bond donors (Lipinski definition) is 2. The summed E-state index contributed by atoms with van der Waals surface area (Å²) in [5.74, 6) is -0.956. The molecule has 0 bridgehead atoms. The fraction of sp³-hybridized carbons (Fsp3) is 0.364. The second-order valence-corrected chi connectivity index (χ2v) is 3.39. The molecular weight excluding hydrogens is 214 g/mol. The maximum atomic E-state index is 10.3. The van der Waals surface area contributed by atoms with Crippen molar-refractivity contribution in [3.8, 4) is 0 Å². The van der Waals surface area contributed by atoms with E-state index in [1.54, 1.807) is 12.1 Å². The number of hydrogen-bond acceptors (Lipinski definition) is 2. The van der Waals surface area contributed by atoms with Gasteiger partial charge in [0.2, 0.25) is 0 Å². The van der Waals surface area contributed by atoms with Crippen molar-refractivity contribution in [3.05, 3.63) is 34.9 Å². The molecule has 0 spiro atoms. The van der Waals surface area contributed by atoms with Crippen molar-refractivity contribution in [2.24, 2.45) is 5.73 Å². The smallest absolute Gasteiger partial charge is 0.335 e. The molecule has 0 amide bonds. The number of rotatable bonds is 3. The van der Waals surface area contributed by atoms with Gasteiger partial charge in [-0.05, 0) is 31.2 Å². The number of aromatic carboxylic acids is 1. The fourth-order valence-electron chi connectivity index (χ4n) is 0.826. The van der Waals surface area contributed by atoms with Gasteiger partial charge in [-0.15, -0.1) is 0 Å². The Morgan fingerprint density at radius 2 is 2.20 bits per heavy atom. The topological polar surface area (TPSA) is 63.3 Å². The van der Waals surface area contributed by atoms with E-state index in [2.05, 4.69) is 6.92 Å². The van der Waals surface area contributed by atoms with Gasteiger partial charge in [-0.1, -0.05) is 31.0 Å². The molecule has 0 aliphatic carbocycles. The van der Waals surface area contributed by atoms with Gasteiger partial charge in [-0.3, -0.25) is 0 Å². The van der Waals surface area contributed by atoms with E-state index in [0.717, 1.165) is 6.54 Å². The summed E-state index contributed by atoms with van der Waals surface area (Å²) in [7, 11) is 0. The molecule has 0 fully saturated rings. The number of carboxylic acids is 1. The third-order valence-corrected chi connectivity index (χ3v) is 1.86. The summed E-state index contributed by atoms with van der Waals surface area (Å²) in [6.45, 7) is 2.98. The van der Waals surface area contributed by atoms with Gasteiger partial charge in [0.1, 0.15) is 0 Å². The molecule has 3 nitrogen and oxygen atoms in total. The number of unbranched alkanes of at least 4 members (excludes halogenated alkanes) is 1. The standard InChI is InChI=1S/C7H5ClO2.C4H11N/c8-6-3-1-2-5(4-6)7(9)10;1-2-3-4-5/h1-4H,(H,9,10);2-5H2,1H3. The van der Waals surface area contributed by atoms with Gasteiger partial charge in [-0.25, -0.2) is 4.79 Å². The number of halogens is 1. The van der Waals surface area contributed by atoms with Crippen LogP contribution in [-0.4, -0.2) is 17.6 Å². The highest BCUT2D eigenvalue weighted by Crippen LogP contribution is 2.09. The Hall–Kier alpha value is -1.06. The summed E-state index contributed by atoms with van der Waals surface area (Å²) >= 11 is 5.53. The monoisotopic (exact) mass is 229 g/mol. The zero-order valence-corrected chi connectivity index (χ0v) is 9.50. The zero-order valence-electron chi connectivity index (χ0n) is 8.74. The maximum absolute atomic E-state index is 10.3. The maximum Gasteiger partial charge on any atom is 0.335 e. The van der Waals surface area contributed by atoms with Crippen LogP contribution in [0.1, 0.15) is 30.1 Å². The second kappa shape index (κ2) is 8.26. The summed E-state index contributed by atoms with van der Waals surface area (Å²) in [5, 5.41) is 8.89. The Morgan fingerprint density at radius 3 is 2.47 bits per heavy atom. The van der Waals surface area contributed by atoms with E-state index in [-0.39, 0.29) is 5.56 Å². The van der Waals surface area contributed by atoms with Crippen LogP contribution in [0.2, 0.25) is 5.02 Å². The van der Waals surface area contributed by atoms with Gasteiger partial charge in [0.25, 0.3) is 0 Å². The van der Waals surface area contributed by atoms with Crippen molar-refractivity contribution in [2.45, 2.75) is 19.8 Å². The van der Waals surface area contributed by atoms with Crippen LogP contribution in [0, 0.1) is 0 Å². The molecule has 0 unspecified atom stereocenters. The summed E-state index contributed by atoms with van der Waals surface area (Å²) in [6.07, 6.45) is 2.39. The molecular formula is C11H16ClNO2. The highest BCUT2D eigenvalue weighted by atomic mass is 35.5. The van der Waals surface area contributed by atoms with Crippen LogP contribution < -0.4 is 5.73 Å². The predicted molar refractivity (Wildman–Crippen MR) is 62.4 cm³/mol. The normalized spacial score (nSPS) is 9.00. The SMILES string of the molecule is CCCCN.O=C(O)c1cccc(Cl)c1. The largest absolute Gasteiger partial charge is 0.478 e. The molecule has 84 valence electrons. The van der Waals surface area contributed by atoms with Crippen molar-refractivity contribution in [2.75, 3.05) is 6.54 Å². The van der Waals surface area contributed by atoms with Gasteiger partial charge in [-0.2, -0.15) is 0 Å². The van der Waals surface area contributed by atoms with Crippen LogP contribution in [0.4, 0.5) is 0 Å². The molecule has 0 aliphatic rings. The van der Waals surface area contributed by atoms with Gasteiger partial charge in [0.05, 0.1) is 5.56 Å². The predicted octanol–water partition coefficient (Wildman–Crippen LogP) is 2.78. The van der Waals surface area contributed by atoms with E-state index >= 15 is 0 Å². The molecule has 0 heterocycles. The lowest BCUT2D eigenvalue weighted by Gasteiger charge is -1.92. The minimum absolute atomic E-state index is 0.215. The van der Waals surface area contributed by atoms with E-state index in [4.69, 9.17) is 22.4 Å². The van der Waals surface area contributed by atoms with Crippen LogP contribution in [0.3, 0.4) is 0 Å². The zero-order chi connectivity index (χ0) is 11.7.